The number of hydrogen-bond donors (Lipinski definition) is 0. The third kappa shape index (κ3) is 7.91. The van der Waals surface area contributed by atoms with E-state index in [9.17, 15) is 0 Å². The molecule has 0 aromatic rings. The van der Waals surface area contributed by atoms with Gasteiger partial charge in [0.1, 0.15) is 5.75 Å². The van der Waals surface area contributed by atoms with Crippen LogP contribution in [-0.4, -0.2) is 22.7 Å². The summed E-state index contributed by atoms with van der Waals surface area (Å²) in [6, 6.07) is 0. The Kier molecular flexibility index (Phi) is 9.09. The molecule has 0 fully saturated rings. The van der Waals surface area contributed by atoms with Crippen LogP contribution in [0, 0.1) is 5.41 Å². The van der Waals surface area contributed by atoms with Gasteiger partial charge in [-0.2, -0.15) is 0 Å². The van der Waals surface area contributed by atoms with Crippen molar-refractivity contribution in [1.29, 1.82) is 0 Å². The Bertz CT molecular complexity index is 81.7. The van der Waals surface area contributed by atoms with E-state index in [1.807, 2.05) is 0 Å². The van der Waals surface area contributed by atoms with Crippen molar-refractivity contribution in [2.24, 2.45) is 5.41 Å². The first-order chi connectivity index (χ1) is 3.98. The van der Waals surface area contributed by atoms with E-state index >= 15 is 0 Å². The van der Waals surface area contributed by atoms with Crippen molar-refractivity contribution in [2.45, 2.75) is 13.8 Å². The van der Waals surface area contributed by atoms with Crippen LogP contribution in [0.25, 0.3) is 0 Å². The maximum atomic E-state index is 2.47. The summed E-state index contributed by atoms with van der Waals surface area (Å²) in [5.41, 5.74) is 0.563. The summed E-state index contributed by atoms with van der Waals surface area (Å²) in [5, 5.41) is 0. The van der Waals surface area contributed by atoms with Gasteiger partial charge in [0.15, 0.2) is 0 Å². The van der Waals surface area contributed by atoms with Crippen LogP contribution in [0.3, 0.4) is 0 Å². The Morgan fingerprint density at radius 3 is 1.80 bits per heavy atom. The first kappa shape index (κ1) is 14.3. The summed E-state index contributed by atoms with van der Waals surface area (Å²) in [6.45, 7) is 4.68. The molecule has 0 saturated heterocycles. The molecular weight excluding hydrogens is 370 g/mol. The summed E-state index contributed by atoms with van der Waals surface area (Å²) in [7, 11) is 0.610. The Balaban J connectivity index is 0. The molecule has 0 spiro atoms. The van der Waals surface area contributed by atoms with E-state index in [2.05, 4.69) is 48.9 Å². The number of rotatable bonds is 3. The van der Waals surface area contributed by atoms with Crippen molar-refractivity contribution >= 4 is 33.5 Å². The predicted octanol–water partition coefficient (Wildman–Crippen LogP) is -0.670. The molecule has 0 nitrogen and oxygen atoms in total. The van der Waals surface area contributed by atoms with Gasteiger partial charge in [0.05, 0.1) is 12.5 Å². The fraction of sp³-hybridized carbons (Fsp3) is 1.00. The Morgan fingerprint density at radius 2 is 1.70 bits per heavy atom. The zero-order valence-electron chi connectivity index (χ0n) is 7.08. The highest BCUT2D eigenvalue weighted by molar-refractivity contribution is 14.1. The van der Waals surface area contributed by atoms with E-state index in [1.165, 1.54) is 10.2 Å². The molecule has 0 unspecified atom stereocenters. The molecule has 0 aromatic heterocycles. The molecule has 0 saturated carbocycles. The summed E-state index contributed by atoms with van der Waals surface area (Å²) in [5.74, 6) is 1.37. The van der Waals surface area contributed by atoms with E-state index < -0.39 is 0 Å². The fourth-order valence-corrected chi connectivity index (χ4v) is 3.12. The molecule has 64 valence electrons. The molecule has 10 heavy (non-hydrogen) atoms. The molecule has 0 aliphatic carbocycles. The molecule has 0 amide bonds. The number of alkyl halides is 1. The van der Waals surface area contributed by atoms with Gasteiger partial charge in [0.25, 0.3) is 0 Å². The first-order valence-corrected chi connectivity index (χ1v) is 6.82. The lowest BCUT2D eigenvalue weighted by atomic mass is 10.0. The third-order valence-electron chi connectivity index (χ3n) is 1.04. The molecule has 0 N–H and O–H groups in total. The van der Waals surface area contributed by atoms with Crippen LogP contribution in [0.5, 0.6) is 0 Å². The lowest BCUT2D eigenvalue weighted by molar-refractivity contribution is -0.00000258. The van der Waals surface area contributed by atoms with Gasteiger partial charge < -0.3 is 24.0 Å². The van der Waals surface area contributed by atoms with Crippen molar-refractivity contribution in [3.8, 4) is 0 Å². The van der Waals surface area contributed by atoms with Crippen molar-refractivity contribution in [3.63, 3.8) is 0 Å². The quantitative estimate of drug-likeness (QED) is 0.343. The van der Waals surface area contributed by atoms with Gasteiger partial charge in [0.2, 0.25) is 0 Å². The zero-order chi connectivity index (χ0) is 7.49. The largest absolute Gasteiger partial charge is 1.00 e. The highest BCUT2D eigenvalue weighted by atomic mass is 127. The van der Waals surface area contributed by atoms with Crippen LogP contribution in [0.1, 0.15) is 13.8 Å². The number of hydrogen-bond acceptors (Lipinski definition) is 0. The maximum absolute atomic E-state index is 2.47. The van der Waals surface area contributed by atoms with Crippen LogP contribution >= 0.6 is 22.6 Å². The summed E-state index contributed by atoms with van der Waals surface area (Å²) >= 11 is 2.47. The minimum atomic E-state index is 0. The topological polar surface area (TPSA) is 0 Å². The van der Waals surface area contributed by atoms with Crippen molar-refractivity contribution in [2.75, 3.05) is 22.7 Å². The van der Waals surface area contributed by atoms with Gasteiger partial charge in [-0.1, -0.05) is 36.4 Å². The normalized spacial score (nSPS) is 11.4. The molecule has 3 heteroatoms. The van der Waals surface area contributed by atoms with E-state index in [0.717, 1.165) is 0 Å². The third-order valence-corrected chi connectivity index (χ3v) is 4.46. The zero-order valence-corrected chi connectivity index (χ0v) is 12.2. The number of halogens is 2. The SMILES string of the molecule is C[S+](C)CC(C)(C)CI.[I-]. The molecule has 0 aliphatic rings. The van der Waals surface area contributed by atoms with Crippen molar-refractivity contribution < 1.29 is 24.0 Å². The molecule has 0 rings (SSSR count). The lowest BCUT2D eigenvalue weighted by Crippen LogP contribution is -3.00. The monoisotopic (exact) mass is 386 g/mol. The van der Waals surface area contributed by atoms with Crippen LogP contribution < -0.4 is 24.0 Å². The van der Waals surface area contributed by atoms with E-state index in [0.29, 0.717) is 16.3 Å². The van der Waals surface area contributed by atoms with E-state index in [1.54, 1.807) is 0 Å². The van der Waals surface area contributed by atoms with Crippen LogP contribution in [0.15, 0.2) is 0 Å². The molecule has 0 aliphatic heterocycles. The maximum Gasteiger partial charge on any atom is 0.113 e. The minimum absolute atomic E-state index is 0. The second-order valence-electron chi connectivity index (χ2n) is 3.43. The van der Waals surface area contributed by atoms with Crippen molar-refractivity contribution in [1.82, 2.24) is 0 Å². The van der Waals surface area contributed by atoms with Gasteiger partial charge in [-0.25, -0.2) is 0 Å². The molecule has 0 atom stereocenters. The lowest BCUT2D eigenvalue weighted by Gasteiger charge is -2.17. The van der Waals surface area contributed by atoms with Crippen molar-refractivity contribution in [3.05, 3.63) is 0 Å². The fourth-order valence-electron chi connectivity index (χ4n) is 0.820. The Hall–Kier alpha value is 1.81. The predicted molar refractivity (Wildman–Crippen MR) is 56.7 cm³/mol. The summed E-state index contributed by atoms with van der Waals surface area (Å²) < 4.78 is 1.27. The van der Waals surface area contributed by atoms with Crippen LogP contribution in [0.2, 0.25) is 0 Å². The van der Waals surface area contributed by atoms with Crippen LogP contribution in [-0.2, 0) is 10.9 Å². The first-order valence-electron chi connectivity index (χ1n) is 3.08. The van der Waals surface area contributed by atoms with Gasteiger partial charge in [-0.15, -0.1) is 0 Å². The second-order valence-corrected chi connectivity index (χ2v) is 6.45. The smallest absolute Gasteiger partial charge is 0.113 e. The van der Waals surface area contributed by atoms with Crippen LogP contribution in [0.4, 0.5) is 0 Å². The van der Waals surface area contributed by atoms with Gasteiger partial charge in [-0.05, 0) is 10.9 Å². The van der Waals surface area contributed by atoms with Gasteiger partial charge in [-0.3, -0.25) is 0 Å². The van der Waals surface area contributed by atoms with Gasteiger partial charge >= 0.3 is 0 Å². The van der Waals surface area contributed by atoms with E-state index in [4.69, 9.17) is 0 Å². The Morgan fingerprint density at radius 1 is 1.30 bits per heavy atom. The second kappa shape index (κ2) is 6.34. The standard InChI is InChI=1S/C7H16IS.HI/c1-7(2,5-8)6-9(3)4;/h5-6H2,1-4H3;1H/q+1;/p-1. The van der Waals surface area contributed by atoms with Gasteiger partial charge in [0, 0.05) is 9.84 Å². The van der Waals surface area contributed by atoms with E-state index in [-0.39, 0.29) is 24.0 Å². The Labute approximate surface area is 98.4 Å². The molecular formula is C7H16I2S. The highest BCUT2D eigenvalue weighted by Gasteiger charge is 2.22. The average molecular weight is 386 g/mol. The summed E-state index contributed by atoms with van der Waals surface area (Å²) in [6.07, 6.45) is 4.63. The molecule has 0 bridgehead atoms. The highest BCUT2D eigenvalue weighted by Crippen LogP contribution is 2.20. The summed E-state index contributed by atoms with van der Waals surface area (Å²) in [4.78, 5) is 0. The molecule has 0 heterocycles. The average Bonchev–Trinajstić information content (AvgIpc) is 1.63. The molecule has 0 radical (unpaired) electrons. The molecule has 0 aromatic carbocycles. The minimum Gasteiger partial charge on any atom is -1.00 e.